The molecule has 2 heterocycles. The topological polar surface area (TPSA) is 138 Å². The van der Waals surface area contributed by atoms with E-state index in [9.17, 15) is 24.3 Å². The van der Waals surface area contributed by atoms with Crippen LogP contribution in [0.1, 0.15) is 80.6 Å². The van der Waals surface area contributed by atoms with Crippen LogP contribution in [0.3, 0.4) is 0 Å². The Morgan fingerprint density at radius 2 is 1.76 bits per heavy atom. The molecule has 3 fully saturated rings. The van der Waals surface area contributed by atoms with Crippen LogP contribution in [0.15, 0.2) is 11.6 Å². The van der Waals surface area contributed by atoms with Gasteiger partial charge in [-0.05, 0) is 46.1 Å². The van der Waals surface area contributed by atoms with Crippen molar-refractivity contribution >= 4 is 23.9 Å². The molecule has 10 atom stereocenters. The van der Waals surface area contributed by atoms with E-state index in [1.165, 1.54) is 13.8 Å². The second-order valence-electron chi connectivity index (χ2n) is 11.7. The predicted octanol–water partition coefficient (Wildman–Crippen LogP) is 2.78. The lowest BCUT2D eigenvalue weighted by molar-refractivity contribution is -0.234. The van der Waals surface area contributed by atoms with Gasteiger partial charge in [-0.1, -0.05) is 19.4 Å². The second kappa shape index (κ2) is 9.93. The highest BCUT2D eigenvalue weighted by Gasteiger charge is 2.77. The van der Waals surface area contributed by atoms with Crippen LogP contribution in [-0.4, -0.2) is 70.7 Å². The highest BCUT2D eigenvalue weighted by atomic mass is 16.6. The minimum atomic E-state index is -1.96. The molecule has 1 unspecified atom stereocenters. The molecule has 4 aliphatic rings. The summed E-state index contributed by atoms with van der Waals surface area (Å²) < 4.78 is 29.8. The lowest BCUT2D eigenvalue weighted by atomic mass is 9.53. The van der Waals surface area contributed by atoms with Gasteiger partial charge in [0.05, 0.1) is 23.0 Å². The van der Waals surface area contributed by atoms with Gasteiger partial charge in [0, 0.05) is 32.6 Å². The number of ether oxygens (including phenoxy) is 5. The monoisotopic (exact) mass is 536 g/mol. The molecule has 1 N–H and O–H groups in total. The van der Waals surface area contributed by atoms with Crippen LogP contribution >= 0.6 is 0 Å². The van der Waals surface area contributed by atoms with Crippen LogP contribution in [0.4, 0.5) is 0 Å². The zero-order chi connectivity index (χ0) is 28.2. The minimum absolute atomic E-state index is 0.208. The lowest BCUT2D eigenvalue weighted by Gasteiger charge is -2.55. The number of carbonyl (C=O) groups is 4. The van der Waals surface area contributed by atoms with Crippen molar-refractivity contribution in [2.75, 3.05) is 0 Å². The number of hydrogen-bond acceptors (Lipinski definition) is 10. The zero-order valence-electron chi connectivity index (χ0n) is 23.3. The van der Waals surface area contributed by atoms with Gasteiger partial charge in [0.1, 0.15) is 18.3 Å². The maximum atomic E-state index is 12.9. The third-order valence-electron chi connectivity index (χ3n) is 9.15. The van der Waals surface area contributed by atoms with Crippen LogP contribution in [0.2, 0.25) is 0 Å². The first-order valence-corrected chi connectivity index (χ1v) is 13.5. The minimum Gasteiger partial charge on any atom is -0.462 e. The van der Waals surface area contributed by atoms with Crippen molar-refractivity contribution in [2.45, 2.75) is 122 Å². The maximum Gasteiger partial charge on any atom is 0.312 e. The average molecular weight is 537 g/mol. The summed E-state index contributed by atoms with van der Waals surface area (Å²) in [5.41, 5.74) is -3.21. The second-order valence-corrected chi connectivity index (χ2v) is 11.7. The van der Waals surface area contributed by atoms with Gasteiger partial charge in [-0.3, -0.25) is 19.2 Å². The number of epoxide rings is 1. The Morgan fingerprint density at radius 1 is 1.11 bits per heavy atom. The largest absolute Gasteiger partial charge is 0.462 e. The molecule has 10 heteroatoms. The van der Waals surface area contributed by atoms with Crippen LogP contribution < -0.4 is 0 Å². The summed E-state index contributed by atoms with van der Waals surface area (Å²) in [6, 6.07) is 0. The van der Waals surface area contributed by atoms with Crippen molar-refractivity contribution in [1.29, 1.82) is 0 Å². The number of esters is 4. The highest BCUT2D eigenvalue weighted by molar-refractivity contribution is 5.78. The molecule has 0 amide bonds. The van der Waals surface area contributed by atoms with Crippen LogP contribution in [0.25, 0.3) is 0 Å². The highest BCUT2D eigenvalue weighted by Crippen LogP contribution is 2.64. The Morgan fingerprint density at radius 3 is 2.37 bits per heavy atom. The van der Waals surface area contributed by atoms with Crippen LogP contribution in [0.5, 0.6) is 0 Å². The summed E-state index contributed by atoms with van der Waals surface area (Å²) in [6.07, 6.45) is -0.603. The quantitative estimate of drug-likeness (QED) is 0.242. The maximum absolute atomic E-state index is 12.9. The number of carbonyl (C=O) groups excluding carboxylic acids is 4. The molecular formula is C28H40O10. The van der Waals surface area contributed by atoms with Gasteiger partial charge in [0.25, 0.3) is 0 Å². The summed E-state index contributed by atoms with van der Waals surface area (Å²) in [5, 5.41) is 12.4. The number of fused-ring (bicyclic) bond motifs is 4. The first-order chi connectivity index (χ1) is 17.7. The van der Waals surface area contributed by atoms with E-state index in [1.807, 2.05) is 27.7 Å². The van der Waals surface area contributed by atoms with E-state index in [0.717, 1.165) is 5.57 Å². The number of aliphatic hydroxyl groups is 1. The predicted molar refractivity (Wildman–Crippen MR) is 132 cm³/mol. The van der Waals surface area contributed by atoms with E-state index in [0.29, 0.717) is 25.7 Å². The number of allylic oxidation sites excluding steroid dienone is 1. The normalized spacial score (nSPS) is 45.2. The standard InChI is InChI=1S/C28H40O10/c1-8-9-22(31)36-18-11-10-14(2)12-21-28(33,15(3)25(32)37-21)24(35-17(5)30)23-26(18,6)19(34-16(4)29)13-20-27(23,7)38-20/h12,15,18-21,23-24,33H,8-11,13H2,1-7H3/b14-12-/t15-,18+,19-,20+,21-,23+,24?,26-,27+,28-/m0/s1. The molecule has 38 heavy (non-hydrogen) atoms. The lowest BCUT2D eigenvalue weighted by Crippen LogP contribution is -2.69. The van der Waals surface area contributed by atoms with Gasteiger partial charge in [-0.2, -0.15) is 0 Å². The molecule has 212 valence electrons. The fourth-order valence-electron chi connectivity index (χ4n) is 7.06. The molecule has 2 saturated heterocycles. The molecule has 10 nitrogen and oxygen atoms in total. The van der Waals surface area contributed by atoms with E-state index in [1.54, 1.807) is 13.0 Å². The molecule has 4 rings (SSSR count). The molecule has 0 spiro atoms. The van der Waals surface area contributed by atoms with Crippen molar-refractivity contribution in [2.24, 2.45) is 17.3 Å². The van der Waals surface area contributed by atoms with E-state index in [4.69, 9.17) is 23.7 Å². The number of rotatable bonds is 5. The van der Waals surface area contributed by atoms with Crippen molar-refractivity contribution in [1.82, 2.24) is 0 Å². The van der Waals surface area contributed by atoms with E-state index >= 15 is 0 Å². The summed E-state index contributed by atoms with van der Waals surface area (Å²) in [4.78, 5) is 50.6. The van der Waals surface area contributed by atoms with Crippen molar-refractivity contribution in [3.05, 3.63) is 11.6 Å². The molecule has 0 bridgehead atoms. The number of hydrogen-bond donors (Lipinski definition) is 1. The molecule has 0 aromatic rings. The van der Waals surface area contributed by atoms with Crippen LogP contribution in [-0.2, 0) is 42.9 Å². The SMILES string of the molecule is CCCC(=O)O[C@@H]1CC/C(C)=C\[C@@H]2OC(=O)[C@H](C)[C@@]2(O)C(OC(C)=O)[C@H]2[C@]3(C)O[C@@H]3C[C@H](OC(C)=O)[C@]12C. The Bertz CT molecular complexity index is 1040. The summed E-state index contributed by atoms with van der Waals surface area (Å²) in [6.45, 7) is 11.5. The average Bonchev–Trinajstić information content (AvgIpc) is 3.42. The first-order valence-electron chi connectivity index (χ1n) is 13.5. The molecule has 2 aliphatic carbocycles. The first kappa shape index (κ1) is 28.5. The Hall–Kier alpha value is -2.46. The third kappa shape index (κ3) is 4.53. The summed E-state index contributed by atoms with van der Waals surface area (Å²) in [7, 11) is 0. The fourth-order valence-corrected chi connectivity index (χ4v) is 7.06. The molecule has 0 radical (unpaired) electrons. The Balaban J connectivity index is 1.98. The van der Waals surface area contributed by atoms with Gasteiger partial charge in [0.2, 0.25) is 0 Å². The summed E-state index contributed by atoms with van der Waals surface area (Å²) >= 11 is 0. The molecule has 2 aliphatic heterocycles. The smallest absolute Gasteiger partial charge is 0.312 e. The van der Waals surface area contributed by atoms with Crippen molar-refractivity contribution in [3.63, 3.8) is 0 Å². The molecule has 0 aromatic carbocycles. The van der Waals surface area contributed by atoms with Gasteiger partial charge < -0.3 is 28.8 Å². The van der Waals surface area contributed by atoms with Crippen molar-refractivity contribution < 1.29 is 48.0 Å². The molecular weight excluding hydrogens is 496 g/mol. The third-order valence-corrected chi connectivity index (χ3v) is 9.15. The van der Waals surface area contributed by atoms with Gasteiger partial charge in [-0.25, -0.2) is 0 Å². The van der Waals surface area contributed by atoms with Gasteiger partial charge in [-0.15, -0.1) is 0 Å². The van der Waals surface area contributed by atoms with E-state index in [2.05, 4.69) is 0 Å². The van der Waals surface area contributed by atoms with Gasteiger partial charge >= 0.3 is 23.9 Å². The van der Waals surface area contributed by atoms with Crippen LogP contribution in [0, 0.1) is 17.3 Å². The molecule has 1 saturated carbocycles. The Labute approximate surface area is 223 Å². The Kier molecular flexibility index (Phi) is 7.46. The zero-order valence-corrected chi connectivity index (χ0v) is 23.3. The summed E-state index contributed by atoms with van der Waals surface area (Å²) in [5.74, 6) is -4.05. The van der Waals surface area contributed by atoms with E-state index in [-0.39, 0.29) is 12.5 Å². The van der Waals surface area contributed by atoms with E-state index < -0.39 is 76.7 Å². The fraction of sp³-hybridized carbons (Fsp3) is 0.786. The van der Waals surface area contributed by atoms with Crippen molar-refractivity contribution in [3.8, 4) is 0 Å². The molecule has 0 aromatic heterocycles. The van der Waals surface area contributed by atoms with Gasteiger partial charge in [0.15, 0.2) is 11.7 Å².